The summed E-state index contributed by atoms with van der Waals surface area (Å²) in [5, 5.41) is 2.74. The number of nitrogens with one attached hydrogen (secondary N) is 1. The SMILES string of the molecule is C=C.CCNC(=O)c1ccc(C)cc1. The first-order chi connectivity index (χ1) is 6.74. The van der Waals surface area contributed by atoms with Gasteiger partial charge >= 0.3 is 0 Å². The highest BCUT2D eigenvalue weighted by Crippen LogP contribution is 2.02. The Morgan fingerprint density at radius 3 is 2.21 bits per heavy atom. The lowest BCUT2D eigenvalue weighted by molar-refractivity contribution is 0.0956. The molecule has 0 aromatic heterocycles. The van der Waals surface area contributed by atoms with Gasteiger partial charge in [-0.3, -0.25) is 4.79 Å². The molecule has 0 saturated carbocycles. The van der Waals surface area contributed by atoms with Gasteiger partial charge in [0.25, 0.3) is 5.91 Å². The minimum Gasteiger partial charge on any atom is -0.352 e. The molecule has 2 nitrogen and oxygen atoms in total. The van der Waals surface area contributed by atoms with Crippen LogP contribution in [0.2, 0.25) is 0 Å². The van der Waals surface area contributed by atoms with Gasteiger partial charge in [-0.25, -0.2) is 0 Å². The lowest BCUT2D eigenvalue weighted by atomic mass is 10.1. The second kappa shape index (κ2) is 6.89. The smallest absolute Gasteiger partial charge is 0.251 e. The van der Waals surface area contributed by atoms with Crippen molar-refractivity contribution in [2.45, 2.75) is 13.8 Å². The number of rotatable bonds is 2. The van der Waals surface area contributed by atoms with E-state index >= 15 is 0 Å². The van der Waals surface area contributed by atoms with E-state index in [2.05, 4.69) is 18.5 Å². The molecule has 0 aliphatic heterocycles. The van der Waals surface area contributed by atoms with Crippen molar-refractivity contribution in [3.63, 3.8) is 0 Å². The second-order valence-electron chi connectivity index (χ2n) is 2.73. The molecule has 2 heteroatoms. The molecule has 14 heavy (non-hydrogen) atoms. The molecule has 0 unspecified atom stereocenters. The highest BCUT2D eigenvalue weighted by Gasteiger charge is 2.01. The Morgan fingerprint density at radius 2 is 1.79 bits per heavy atom. The Kier molecular flexibility index (Phi) is 6.12. The Morgan fingerprint density at radius 1 is 1.29 bits per heavy atom. The number of aryl methyl sites for hydroxylation is 1. The van der Waals surface area contributed by atoms with Gasteiger partial charge in [0.1, 0.15) is 0 Å². The molecule has 1 aromatic rings. The maximum absolute atomic E-state index is 11.2. The summed E-state index contributed by atoms with van der Waals surface area (Å²) in [5.74, 6) is -0.00231. The maximum Gasteiger partial charge on any atom is 0.251 e. The summed E-state index contributed by atoms with van der Waals surface area (Å²) in [6.45, 7) is 10.6. The van der Waals surface area contributed by atoms with E-state index < -0.39 is 0 Å². The first-order valence-electron chi connectivity index (χ1n) is 4.59. The molecule has 0 saturated heterocycles. The van der Waals surface area contributed by atoms with Crippen LogP contribution in [0, 0.1) is 6.92 Å². The van der Waals surface area contributed by atoms with E-state index in [0.717, 1.165) is 5.56 Å². The third kappa shape index (κ3) is 3.90. The Labute approximate surface area is 85.6 Å². The summed E-state index contributed by atoms with van der Waals surface area (Å²) in [7, 11) is 0. The quantitative estimate of drug-likeness (QED) is 0.715. The van der Waals surface area contributed by atoms with Gasteiger partial charge in [0.05, 0.1) is 0 Å². The molecule has 1 rings (SSSR count). The van der Waals surface area contributed by atoms with Crippen molar-refractivity contribution < 1.29 is 4.79 Å². The molecule has 0 spiro atoms. The molecule has 1 N–H and O–H groups in total. The first-order valence-corrected chi connectivity index (χ1v) is 4.59. The molecule has 0 aliphatic rings. The van der Waals surface area contributed by atoms with Crippen molar-refractivity contribution in [3.8, 4) is 0 Å². The van der Waals surface area contributed by atoms with Crippen LogP contribution in [-0.4, -0.2) is 12.5 Å². The number of amides is 1. The zero-order chi connectivity index (χ0) is 11.0. The van der Waals surface area contributed by atoms with Crippen molar-refractivity contribution in [1.29, 1.82) is 0 Å². The summed E-state index contributed by atoms with van der Waals surface area (Å²) >= 11 is 0. The first kappa shape index (κ1) is 12.4. The van der Waals surface area contributed by atoms with E-state index in [-0.39, 0.29) is 5.91 Å². The zero-order valence-electron chi connectivity index (χ0n) is 8.84. The van der Waals surface area contributed by atoms with E-state index in [4.69, 9.17) is 0 Å². The maximum atomic E-state index is 11.2. The molecule has 76 valence electrons. The van der Waals surface area contributed by atoms with Gasteiger partial charge in [-0.05, 0) is 26.0 Å². The average Bonchev–Trinajstić information content (AvgIpc) is 2.22. The van der Waals surface area contributed by atoms with Crippen molar-refractivity contribution in [2.24, 2.45) is 0 Å². The van der Waals surface area contributed by atoms with Crippen LogP contribution in [0.25, 0.3) is 0 Å². The highest BCUT2D eigenvalue weighted by atomic mass is 16.1. The number of benzene rings is 1. The van der Waals surface area contributed by atoms with Crippen LogP contribution in [0.4, 0.5) is 0 Å². The normalized spacial score (nSPS) is 8.43. The Bertz CT molecular complexity index is 277. The molecular weight excluding hydrogens is 174 g/mol. The summed E-state index contributed by atoms with van der Waals surface area (Å²) in [6.07, 6.45) is 0. The molecule has 0 aliphatic carbocycles. The summed E-state index contributed by atoms with van der Waals surface area (Å²) < 4.78 is 0. The van der Waals surface area contributed by atoms with Crippen LogP contribution in [0.1, 0.15) is 22.8 Å². The molecular formula is C12H17NO. The fourth-order valence-electron chi connectivity index (χ4n) is 0.968. The lowest BCUT2D eigenvalue weighted by Crippen LogP contribution is -2.22. The van der Waals surface area contributed by atoms with Crippen molar-refractivity contribution in [3.05, 3.63) is 48.6 Å². The van der Waals surface area contributed by atoms with Crippen LogP contribution in [0.15, 0.2) is 37.4 Å². The second-order valence-corrected chi connectivity index (χ2v) is 2.73. The molecule has 1 amide bonds. The number of carbonyl (C=O) groups is 1. The summed E-state index contributed by atoms with van der Waals surface area (Å²) in [6, 6.07) is 7.54. The standard InChI is InChI=1S/C10H13NO.C2H4/c1-3-11-10(12)9-6-4-8(2)5-7-9;1-2/h4-7H,3H2,1-2H3,(H,11,12);1-2H2. The van der Waals surface area contributed by atoms with Crippen LogP contribution >= 0.6 is 0 Å². The largest absolute Gasteiger partial charge is 0.352 e. The van der Waals surface area contributed by atoms with Gasteiger partial charge < -0.3 is 5.32 Å². The van der Waals surface area contributed by atoms with Crippen LogP contribution in [0.3, 0.4) is 0 Å². The van der Waals surface area contributed by atoms with E-state index in [0.29, 0.717) is 6.54 Å². The van der Waals surface area contributed by atoms with Crippen molar-refractivity contribution in [1.82, 2.24) is 5.32 Å². The average molecular weight is 191 g/mol. The van der Waals surface area contributed by atoms with Crippen molar-refractivity contribution in [2.75, 3.05) is 6.54 Å². The van der Waals surface area contributed by atoms with Gasteiger partial charge in [-0.2, -0.15) is 0 Å². The van der Waals surface area contributed by atoms with Gasteiger partial charge in [0.2, 0.25) is 0 Å². The molecule has 0 bridgehead atoms. The predicted molar refractivity (Wildman–Crippen MR) is 60.4 cm³/mol. The summed E-state index contributed by atoms with van der Waals surface area (Å²) in [5.41, 5.74) is 1.89. The van der Waals surface area contributed by atoms with Crippen LogP contribution in [-0.2, 0) is 0 Å². The van der Waals surface area contributed by atoms with Gasteiger partial charge in [-0.1, -0.05) is 17.7 Å². The molecule has 0 atom stereocenters. The Balaban J connectivity index is 0.000000791. The number of hydrogen-bond acceptors (Lipinski definition) is 1. The van der Waals surface area contributed by atoms with Crippen LogP contribution in [0.5, 0.6) is 0 Å². The zero-order valence-corrected chi connectivity index (χ0v) is 8.84. The van der Waals surface area contributed by atoms with Gasteiger partial charge in [-0.15, -0.1) is 13.2 Å². The third-order valence-corrected chi connectivity index (χ3v) is 1.65. The summed E-state index contributed by atoms with van der Waals surface area (Å²) in [4.78, 5) is 11.2. The van der Waals surface area contributed by atoms with Crippen LogP contribution < -0.4 is 5.32 Å². The fraction of sp³-hybridized carbons (Fsp3) is 0.250. The fourth-order valence-corrected chi connectivity index (χ4v) is 0.968. The van der Waals surface area contributed by atoms with E-state index in [1.54, 1.807) is 0 Å². The number of hydrogen-bond donors (Lipinski definition) is 1. The lowest BCUT2D eigenvalue weighted by Gasteiger charge is -2.01. The minimum absolute atomic E-state index is 0.00231. The van der Waals surface area contributed by atoms with Gasteiger partial charge in [0.15, 0.2) is 0 Å². The van der Waals surface area contributed by atoms with Gasteiger partial charge in [0, 0.05) is 12.1 Å². The third-order valence-electron chi connectivity index (χ3n) is 1.65. The highest BCUT2D eigenvalue weighted by molar-refractivity contribution is 5.94. The van der Waals surface area contributed by atoms with E-state index in [9.17, 15) is 4.79 Å². The molecule has 1 aromatic carbocycles. The monoisotopic (exact) mass is 191 g/mol. The minimum atomic E-state index is -0.00231. The van der Waals surface area contributed by atoms with E-state index in [1.165, 1.54) is 5.56 Å². The topological polar surface area (TPSA) is 29.1 Å². The predicted octanol–water partition coefficient (Wildman–Crippen LogP) is 2.55. The molecule has 0 heterocycles. The molecule has 0 fully saturated rings. The Hall–Kier alpha value is -1.57. The van der Waals surface area contributed by atoms with E-state index in [1.807, 2.05) is 38.1 Å². The number of carbonyl (C=O) groups excluding carboxylic acids is 1. The van der Waals surface area contributed by atoms with Crippen molar-refractivity contribution >= 4 is 5.91 Å². The molecule has 0 radical (unpaired) electrons.